The van der Waals surface area contributed by atoms with Crippen molar-refractivity contribution in [2.45, 2.75) is 33.4 Å². The van der Waals surface area contributed by atoms with E-state index in [-0.39, 0.29) is 0 Å². The van der Waals surface area contributed by atoms with Crippen molar-refractivity contribution < 1.29 is 4.52 Å². The van der Waals surface area contributed by atoms with Gasteiger partial charge >= 0.3 is 0 Å². The number of hydrogen-bond acceptors (Lipinski definition) is 6. The third-order valence-corrected chi connectivity index (χ3v) is 2.26. The molecular weight excluding hydrogens is 220 g/mol. The molecule has 1 N–H and O–H groups in total. The fourth-order valence-corrected chi connectivity index (χ4v) is 1.39. The van der Waals surface area contributed by atoms with E-state index in [4.69, 9.17) is 4.52 Å². The van der Waals surface area contributed by atoms with E-state index in [1.165, 1.54) is 0 Å². The monoisotopic (exact) mass is 236 g/mol. The SMILES string of the molecule is CCNCc1cn(Cc2noc(CC)n2)nn1. The van der Waals surface area contributed by atoms with Crippen molar-refractivity contribution in [3.8, 4) is 0 Å². The van der Waals surface area contributed by atoms with Crippen LogP contribution in [0.5, 0.6) is 0 Å². The van der Waals surface area contributed by atoms with Crippen LogP contribution in [0, 0.1) is 0 Å². The zero-order chi connectivity index (χ0) is 12.1. The Balaban J connectivity index is 1.96. The summed E-state index contributed by atoms with van der Waals surface area (Å²) in [5.74, 6) is 1.27. The molecule has 92 valence electrons. The van der Waals surface area contributed by atoms with Crippen molar-refractivity contribution in [2.75, 3.05) is 6.54 Å². The first-order chi connectivity index (χ1) is 8.31. The van der Waals surface area contributed by atoms with Crippen molar-refractivity contribution >= 4 is 0 Å². The van der Waals surface area contributed by atoms with Gasteiger partial charge in [0.1, 0.15) is 6.54 Å². The first kappa shape index (κ1) is 11.7. The molecular formula is C10H16N6O. The molecule has 0 unspecified atom stereocenters. The largest absolute Gasteiger partial charge is 0.339 e. The molecule has 0 aliphatic carbocycles. The van der Waals surface area contributed by atoms with Crippen LogP contribution in [-0.2, 0) is 19.5 Å². The Bertz CT molecular complexity index is 463. The highest BCUT2D eigenvalue weighted by molar-refractivity contribution is 4.94. The average Bonchev–Trinajstić information content (AvgIpc) is 2.96. The second-order valence-corrected chi connectivity index (χ2v) is 3.65. The van der Waals surface area contributed by atoms with E-state index in [2.05, 4.69) is 32.7 Å². The number of nitrogens with one attached hydrogen (secondary N) is 1. The smallest absolute Gasteiger partial charge is 0.226 e. The van der Waals surface area contributed by atoms with Gasteiger partial charge in [-0.25, -0.2) is 4.68 Å². The molecule has 7 heteroatoms. The summed E-state index contributed by atoms with van der Waals surface area (Å²) in [7, 11) is 0. The van der Waals surface area contributed by atoms with Gasteiger partial charge in [-0.1, -0.05) is 24.2 Å². The molecule has 2 rings (SSSR count). The van der Waals surface area contributed by atoms with Crippen LogP contribution in [0.2, 0.25) is 0 Å². The average molecular weight is 236 g/mol. The molecule has 0 aliphatic rings. The molecule has 0 aliphatic heterocycles. The molecule has 2 aromatic heterocycles. The third kappa shape index (κ3) is 3.10. The van der Waals surface area contributed by atoms with Crippen molar-refractivity contribution in [1.29, 1.82) is 0 Å². The molecule has 0 saturated heterocycles. The van der Waals surface area contributed by atoms with Crippen LogP contribution in [0.3, 0.4) is 0 Å². The van der Waals surface area contributed by atoms with Crippen LogP contribution in [0.4, 0.5) is 0 Å². The molecule has 17 heavy (non-hydrogen) atoms. The highest BCUT2D eigenvalue weighted by Gasteiger charge is 2.06. The van der Waals surface area contributed by atoms with Gasteiger partial charge in [0.15, 0.2) is 5.82 Å². The molecule has 2 aromatic rings. The lowest BCUT2D eigenvalue weighted by Crippen LogP contribution is -2.11. The van der Waals surface area contributed by atoms with Crippen LogP contribution in [0.25, 0.3) is 0 Å². The van der Waals surface area contributed by atoms with E-state index >= 15 is 0 Å². The maximum Gasteiger partial charge on any atom is 0.226 e. The van der Waals surface area contributed by atoms with Crippen molar-refractivity contribution in [1.82, 2.24) is 30.5 Å². The summed E-state index contributed by atoms with van der Waals surface area (Å²) in [6.07, 6.45) is 2.63. The molecule has 0 spiro atoms. The maximum absolute atomic E-state index is 5.02. The Morgan fingerprint density at radius 1 is 1.41 bits per heavy atom. The molecule has 0 fully saturated rings. The van der Waals surface area contributed by atoms with Crippen molar-refractivity contribution in [3.05, 3.63) is 23.6 Å². The predicted octanol–water partition coefficient (Wildman–Crippen LogP) is 0.381. The Morgan fingerprint density at radius 2 is 2.29 bits per heavy atom. The van der Waals surface area contributed by atoms with Gasteiger partial charge in [0.25, 0.3) is 0 Å². The molecule has 0 amide bonds. The van der Waals surface area contributed by atoms with E-state index in [1.807, 2.05) is 13.1 Å². The van der Waals surface area contributed by atoms with E-state index in [1.54, 1.807) is 4.68 Å². The van der Waals surface area contributed by atoms with Crippen LogP contribution in [0.15, 0.2) is 10.7 Å². The lowest BCUT2D eigenvalue weighted by atomic mass is 10.4. The van der Waals surface area contributed by atoms with Crippen LogP contribution in [0.1, 0.15) is 31.3 Å². The van der Waals surface area contributed by atoms with E-state index in [9.17, 15) is 0 Å². The minimum Gasteiger partial charge on any atom is -0.339 e. The normalized spacial score (nSPS) is 10.9. The van der Waals surface area contributed by atoms with Gasteiger partial charge in [0.2, 0.25) is 5.89 Å². The van der Waals surface area contributed by atoms with Gasteiger partial charge in [-0.05, 0) is 6.54 Å². The second kappa shape index (κ2) is 5.53. The standard InChI is InChI=1S/C10H16N6O/c1-3-10-12-9(14-17-10)7-16-6-8(13-15-16)5-11-4-2/h6,11H,3-5,7H2,1-2H3. The Labute approximate surface area is 99.2 Å². The van der Waals surface area contributed by atoms with Crippen LogP contribution >= 0.6 is 0 Å². The molecule has 0 saturated carbocycles. The molecule has 2 heterocycles. The summed E-state index contributed by atoms with van der Waals surface area (Å²) in [4.78, 5) is 4.21. The second-order valence-electron chi connectivity index (χ2n) is 3.65. The first-order valence-corrected chi connectivity index (χ1v) is 5.73. The molecule has 0 bridgehead atoms. The van der Waals surface area contributed by atoms with Crippen molar-refractivity contribution in [3.63, 3.8) is 0 Å². The number of nitrogens with zero attached hydrogens (tertiary/aromatic N) is 5. The number of aromatic nitrogens is 5. The van der Waals surface area contributed by atoms with Gasteiger partial charge in [-0.3, -0.25) is 0 Å². The lowest BCUT2D eigenvalue weighted by molar-refractivity contribution is 0.374. The minimum absolute atomic E-state index is 0.489. The first-order valence-electron chi connectivity index (χ1n) is 5.73. The summed E-state index contributed by atoms with van der Waals surface area (Å²) in [6.45, 7) is 6.15. The lowest BCUT2D eigenvalue weighted by Gasteiger charge is -1.94. The molecule has 0 radical (unpaired) electrons. The Morgan fingerprint density at radius 3 is 3.00 bits per heavy atom. The van der Waals surface area contributed by atoms with Gasteiger partial charge in [-0.15, -0.1) is 5.10 Å². The van der Waals surface area contributed by atoms with E-state index < -0.39 is 0 Å². The van der Waals surface area contributed by atoms with Crippen molar-refractivity contribution in [2.24, 2.45) is 0 Å². The topological polar surface area (TPSA) is 81.7 Å². The van der Waals surface area contributed by atoms with E-state index in [0.717, 1.165) is 25.2 Å². The summed E-state index contributed by atoms with van der Waals surface area (Å²) >= 11 is 0. The fraction of sp³-hybridized carbons (Fsp3) is 0.600. The van der Waals surface area contributed by atoms with Gasteiger partial charge in [-0.2, -0.15) is 4.98 Å². The molecule has 0 atom stereocenters. The summed E-state index contributed by atoms with van der Waals surface area (Å²) in [5.41, 5.74) is 0.908. The Hall–Kier alpha value is -1.76. The molecule has 0 aromatic carbocycles. The maximum atomic E-state index is 5.02. The van der Waals surface area contributed by atoms with Gasteiger partial charge < -0.3 is 9.84 Å². The van der Waals surface area contributed by atoms with Gasteiger partial charge in [0, 0.05) is 13.0 Å². The van der Waals surface area contributed by atoms with E-state index in [0.29, 0.717) is 18.3 Å². The zero-order valence-corrected chi connectivity index (χ0v) is 10.1. The van der Waals surface area contributed by atoms with Gasteiger partial charge in [0.05, 0.1) is 11.9 Å². The fourth-order valence-electron chi connectivity index (χ4n) is 1.39. The molecule has 7 nitrogen and oxygen atoms in total. The minimum atomic E-state index is 0.489. The zero-order valence-electron chi connectivity index (χ0n) is 10.1. The van der Waals surface area contributed by atoms with Crippen LogP contribution in [-0.4, -0.2) is 31.7 Å². The summed E-state index contributed by atoms with van der Waals surface area (Å²) in [5, 5.41) is 15.1. The highest BCUT2D eigenvalue weighted by atomic mass is 16.5. The summed E-state index contributed by atoms with van der Waals surface area (Å²) < 4.78 is 6.73. The number of rotatable bonds is 6. The highest BCUT2D eigenvalue weighted by Crippen LogP contribution is 2.01. The Kier molecular flexibility index (Phi) is 3.81. The number of hydrogen-bond donors (Lipinski definition) is 1. The predicted molar refractivity (Wildman–Crippen MR) is 60.2 cm³/mol. The third-order valence-electron chi connectivity index (χ3n) is 2.26. The quantitative estimate of drug-likeness (QED) is 0.781. The summed E-state index contributed by atoms with van der Waals surface area (Å²) in [6, 6.07) is 0. The number of aryl methyl sites for hydroxylation is 1. The van der Waals surface area contributed by atoms with Crippen LogP contribution < -0.4 is 5.32 Å².